The van der Waals surface area contributed by atoms with Gasteiger partial charge >= 0.3 is 0 Å². The van der Waals surface area contributed by atoms with E-state index in [4.69, 9.17) is 0 Å². The molecule has 1 N–H and O–H groups in total. The number of alkyl halides is 2. The molecule has 0 aliphatic heterocycles. The molecule has 164 valence electrons. The van der Waals surface area contributed by atoms with E-state index in [1.807, 2.05) is 37.3 Å². The first-order chi connectivity index (χ1) is 14.7. The smallest absolute Gasteiger partial charge is 0.248 e. The van der Waals surface area contributed by atoms with E-state index in [1.165, 1.54) is 19.1 Å². The number of hydrogen-bond donors (Lipinski definition) is 1. The lowest BCUT2D eigenvalue weighted by molar-refractivity contribution is -0.121. The Hall–Kier alpha value is -2.63. The number of rotatable bonds is 4. The third-order valence-corrected chi connectivity index (χ3v) is 6.77. The maximum atomic E-state index is 14.0. The number of carbonyl (C=O) groups is 1. The molecule has 1 aromatic carbocycles. The van der Waals surface area contributed by atoms with Crippen molar-refractivity contribution in [3.63, 3.8) is 0 Å². The Morgan fingerprint density at radius 1 is 1.19 bits per heavy atom. The van der Waals surface area contributed by atoms with Crippen LogP contribution in [-0.2, 0) is 4.79 Å². The first-order valence-corrected chi connectivity index (χ1v) is 10.7. The number of aromatic nitrogens is 1. The van der Waals surface area contributed by atoms with Crippen molar-refractivity contribution in [2.75, 3.05) is 0 Å². The molecule has 6 heteroatoms. The predicted octanol–water partition coefficient (Wildman–Crippen LogP) is 5.87. The quantitative estimate of drug-likeness (QED) is 0.662. The van der Waals surface area contributed by atoms with Crippen LogP contribution in [0.2, 0.25) is 0 Å². The van der Waals surface area contributed by atoms with Gasteiger partial charge in [0.25, 0.3) is 0 Å². The summed E-state index contributed by atoms with van der Waals surface area (Å²) in [4.78, 5) is 16.3. The Morgan fingerprint density at radius 3 is 2.68 bits per heavy atom. The molecule has 2 aromatic rings. The minimum absolute atomic E-state index is 0.0396. The van der Waals surface area contributed by atoms with Crippen LogP contribution in [0.5, 0.6) is 0 Å². The Balaban J connectivity index is 1.56. The summed E-state index contributed by atoms with van der Waals surface area (Å²) >= 11 is 0. The molecule has 3 nitrogen and oxygen atoms in total. The molecule has 0 unspecified atom stereocenters. The predicted molar refractivity (Wildman–Crippen MR) is 115 cm³/mol. The zero-order valence-corrected chi connectivity index (χ0v) is 17.7. The molecule has 2 fully saturated rings. The summed E-state index contributed by atoms with van der Waals surface area (Å²) in [5.74, 6) is -3.11. The van der Waals surface area contributed by atoms with Crippen LogP contribution in [-0.4, -0.2) is 22.4 Å². The van der Waals surface area contributed by atoms with Gasteiger partial charge in [-0.05, 0) is 61.4 Å². The topological polar surface area (TPSA) is 42.0 Å². The summed E-state index contributed by atoms with van der Waals surface area (Å²) in [5.41, 5.74) is 1.74. The molecular weight excluding hydrogens is 401 g/mol. The SMILES string of the molecule is CC(=O)N[C@@]1(C)C[C@@H]2CC(F)(F)CC[C@H]2[C@@H]1/C=C/c1ccc(-c2cccc(F)c2)cn1. The van der Waals surface area contributed by atoms with Crippen molar-refractivity contribution < 1.29 is 18.0 Å². The Kier molecular flexibility index (Phi) is 5.67. The van der Waals surface area contributed by atoms with Crippen molar-refractivity contribution in [2.45, 2.75) is 51.0 Å². The maximum Gasteiger partial charge on any atom is 0.248 e. The van der Waals surface area contributed by atoms with Crippen molar-refractivity contribution in [3.8, 4) is 11.1 Å². The van der Waals surface area contributed by atoms with Gasteiger partial charge in [-0.3, -0.25) is 9.78 Å². The molecule has 4 atom stereocenters. The molecule has 1 amide bonds. The minimum Gasteiger partial charge on any atom is -0.351 e. The summed E-state index contributed by atoms with van der Waals surface area (Å²) in [6.45, 7) is 3.43. The van der Waals surface area contributed by atoms with Gasteiger partial charge in [-0.25, -0.2) is 13.2 Å². The summed E-state index contributed by atoms with van der Waals surface area (Å²) < 4.78 is 41.5. The Morgan fingerprint density at radius 2 is 2.00 bits per heavy atom. The van der Waals surface area contributed by atoms with Gasteiger partial charge in [0.1, 0.15) is 5.82 Å². The fourth-order valence-corrected chi connectivity index (χ4v) is 5.54. The average molecular weight is 428 g/mol. The van der Waals surface area contributed by atoms with Crippen LogP contribution in [0.25, 0.3) is 17.2 Å². The fraction of sp³-hybridized carbons (Fsp3) is 0.440. The molecular formula is C25H27F3N2O. The van der Waals surface area contributed by atoms with E-state index in [-0.39, 0.29) is 42.3 Å². The molecule has 2 saturated carbocycles. The summed E-state index contributed by atoms with van der Waals surface area (Å²) in [7, 11) is 0. The molecule has 1 aromatic heterocycles. The zero-order chi connectivity index (χ0) is 22.2. The van der Waals surface area contributed by atoms with Crippen molar-refractivity contribution in [3.05, 3.63) is 60.2 Å². The van der Waals surface area contributed by atoms with E-state index in [2.05, 4.69) is 10.3 Å². The molecule has 0 saturated heterocycles. The monoisotopic (exact) mass is 428 g/mol. The van der Waals surface area contributed by atoms with Gasteiger partial charge in [-0.2, -0.15) is 0 Å². The Bertz CT molecular complexity index is 989. The standard InChI is InChI=1S/C25H27F3N2O/c1-16(31)30-24(2)13-19-14-25(27,28)11-10-22(19)23(24)9-8-21-7-6-18(15-29-21)17-4-3-5-20(26)12-17/h3-9,12,15,19,22-23H,10-11,13-14H2,1-2H3,(H,30,31)/b9-8+/t19-,22-,23+,24+/m1/s1. The van der Waals surface area contributed by atoms with E-state index in [1.54, 1.807) is 12.3 Å². The number of carbonyl (C=O) groups excluding carboxylic acids is 1. The van der Waals surface area contributed by atoms with Gasteiger partial charge in [0.15, 0.2) is 0 Å². The van der Waals surface area contributed by atoms with Crippen LogP contribution in [0.3, 0.4) is 0 Å². The van der Waals surface area contributed by atoms with Crippen LogP contribution < -0.4 is 5.32 Å². The molecule has 2 aliphatic rings. The van der Waals surface area contributed by atoms with Crippen molar-refractivity contribution in [2.24, 2.45) is 17.8 Å². The average Bonchev–Trinajstić information content (AvgIpc) is 2.95. The molecule has 2 aliphatic carbocycles. The van der Waals surface area contributed by atoms with Crippen LogP contribution in [0.4, 0.5) is 13.2 Å². The van der Waals surface area contributed by atoms with Crippen LogP contribution >= 0.6 is 0 Å². The van der Waals surface area contributed by atoms with Gasteiger partial charge in [0.2, 0.25) is 11.8 Å². The summed E-state index contributed by atoms with van der Waals surface area (Å²) in [5, 5.41) is 3.03. The number of amides is 1. The second kappa shape index (κ2) is 8.13. The van der Waals surface area contributed by atoms with Crippen molar-refractivity contribution in [1.82, 2.24) is 10.3 Å². The zero-order valence-electron chi connectivity index (χ0n) is 17.7. The van der Waals surface area contributed by atoms with E-state index in [0.717, 1.165) is 16.8 Å². The van der Waals surface area contributed by atoms with E-state index in [9.17, 15) is 18.0 Å². The number of nitrogens with zero attached hydrogens (tertiary/aromatic N) is 1. The number of fused-ring (bicyclic) bond motifs is 1. The van der Waals surface area contributed by atoms with E-state index < -0.39 is 11.5 Å². The lowest BCUT2D eigenvalue weighted by Gasteiger charge is -2.35. The van der Waals surface area contributed by atoms with Gasteiger partial charge in [-0.1, -0.05) is 24.3 Å². The number of hydrogen-bond acceptors (Lipinski definition) is 2. The van der Waals surface area contributed by atoms with Crippen LogP contribution in [0.15, 0.2) is 48.7 Å². The maximum absolute atomic E-state index is 14.0. The minimum atomic E-state index is -2.62. The molecule has 0 spiro atoms. The lowest BCUT2D eigenvalue weighted by Crippen LogP contribution is -2.48. The molecule has 0 radical (unpaired) electrons. The largest absolute Gasteiger partial charge is 0.351 e. The Labute approximate surface area is 180 Å². The highest BCUT2D eigenvalue weighted by molar-refractivity contribution is 5.74. The third-order valence-electron chi connectivity index (χ3n) is 6.77. The molecule has 0 bridgehead atoms. The fourth-order valence-electron chi connectivity index (χ4n) is 5.54. The molecule has 31 heavy (non-hydrogen) atoms. The highest BCUT2D eigenvalue weighted by atomic mass is 19.3. The van der Waals surface area contributed by atoms with Crippen molar-refractivity contribution in [1.29, 1.82) is 0 Å². The first-order valence-electron chi connectivity index (χ1n) is 10.7. The number of benzene rings is 1. The number of pyridine rings is 1. The summed E-state index contributed by atoms with van der Waals surface area (Å²) in [6.07, 6.45) is 6.40. The lowest BCUT2D eigenvalue weighted by atomic mass is 9.75. The normalized spacial score (nSPS) is 29.6. The van der Waals surface area contributed by atoms with Crippen LogP contribution in [0.1, 0.15) is 45.2 Å². The first kappa shape index (κ1) is 21.6. The second-order valence-corrected chi connectivity index (χ2v) is 9.19. The second-order valence-electron chi connectivity index (χ2n) is 9.19. The van der Waals surface area contributed by atoms with Gasteiger partial charge in [-0.15, -0.1) is 0 Å². The highest BCUT2D eigenvalue weighted by Gasteiger charge is 2.55. The van der Waals surface area contributed by atoms with Crippen molar-refractivity contribution >= 4 is 12.0 Å². The van der Waals surface area contributed by atoms with Crippen LogP contribution in [0, 0.1) is 23.6 Å². The van der Waals surface area contributed by atoms with E-state index >= 15 is 0 Å². The van der Waals surface area contributed by atoms with E-state index in [0.29, 0.717) is 12.8 Å². The van der Waals surface area contributed by atoms with Gasteiger partial charge in [0.05, 0.1) is 5.69 Å². The molecule has 4 rings (SSSR count). The molecule has 1 heterocycles. The van der Waals surface area contributed by atoms with Gasteiger partial charge < -0.3 is 5.32 Å². The summed E-state index contributed by atoms with van der Waals surface area (Å²) in [6, 6.07) is 10.1. The highest BCUT2D eigenvalue weighted by Crippen LogP contribution is 2.54. The third kappa shape index (κ3) is 4.68. The van der Waals surface area contributed by atoms with Gasteiger partial charge in [0, 0.05) is 43.0 Å². The number of halogens is 3. The number of nitrogens with one attached hydrogen (secondary N) is 1.